The van der Waals surface area contributed by atoms with Crippen molar-refractivity contribution in [1.82, 2.24) is 34.6 Å². The summed E-state index contributed by atoms with van der Waals surface area (Å²) in [5, 5.41) is 21.1. The van der Waals surface area contributed by atoms with E-state index in [4.69, 9.17) is 5.41 Å². The number of thioether (sulfide) groups is 1. The average Bonchev–Trinajstić information content (AvgIpc) is 3.80. The molecule has 0 radical (unpaired) electrons. The van der Waals surface area contributed by atoms with E-state index in [0.717, 1.165) is 43.1 Å². The van der Waals surface area contributed by atoms with Crippen LogP contribution in [-0.4, -0.2) is 59.8 Å². The maximum Gasteiger partial charge on any atom is 0.274 e. The van der Waals surface area contributed by atoms with Gasteiger partial charge in [-0.05, 0) is 44.1 Å². The summed E-state index contributed by atoms with van der Waals surface area (Å²) in [6, 6.07) is 2.03. The van der Waals surface area contributed by atoms with Gasteiger partial charge in [0.15, 0.2) is 5.82 Å². The molecule has 0 atom stereocenters. The van der Waals surface area contributed by atoms with Crippen molar-refractivity contribution in [3.8, 4) is 5.69 Å². The molecule has 3 aliphatic rings. The lowest BCUT2D eigenvalue weighted by Gasteiger charge is -2.41. The van der Waals surface area contributed by atoms with E-state index >= 15 is 0 Å². The Balaban J connectivity index is 1.18. The summed E-state index contributed by atoms with van der Waals surface area (Å²) in [4.78, 5) is 23.8. The van der Waals surface area contributed by atoms with E-state index in [0.29, 0.717) is 34.9 Å². The number of nitrogens with zero attached hydrogens (tertiary/aromatic N) is 7. The van der Waals surface area contributed by atoms with Crippen LogP contribution in [0.5, 0.6) is 0 Å². The van der Waals surface area contributed by atoms with Gasteiger partial charge in [-0.2, -0.15) is 0 Å². The minimum Gasteiger partial charge on any atom is -0.367 e. The monoisotopic (exact) mass is 539 g/mol. The summed E-state index contributed by atoms with van der Waals surface area (Å²) in [6.45, 7) is 2.21. The summed E-state index contributed by atoms with van der Waals surface area (Å²) < 4.78 is 29.9. The van der Waals surface area contributed by atoms with Gasteiger partial charge in [-0.15, -0.1) is 10.2 Å². The number of alkyl halides is 2. The van der Waals surface area contributed by atoms with Crippen molar-refractivity contribution in [2.75, 3.05) is 18.0 Å². The summed E-state index contributed by atoms with van der Waals surface area (Å²) >= 11 is 1.15. The zero-order valence-electron chi connectivity index (χ0n) is 20.7. The van der Waals surface area contributed by atoms with Crippen molar-refractivity contribution in [2.45, 2.75) is 51.0 Å². The van der Waals surface area contributed by atoms with Crippen LogP contribution in [0.25, 0.3) is 5.69 Å². The van der Waals surface area contributed by atoms with Crippen molar-refractivity contribution in [3.05, 3.63) is 59.4 Å². The Morgan fingerprint density at radius 2 is 1.97 bits per heavy atom. The van der Waals surface area contributed by atoms with E-state index in [-0.39, 0.29) is 23.8 Å². The predicted octanol–water partition coefficient (Wildman–Crippen LogP) is 4.12. The number of nitrogens with one attached hydrogen (secondary N) is 2. The molecule has 13 heteroatoms. The molecule has 0 spiro atoms. The Bertz CT molecular complexity index is 1400. The van der Waals surface area contributed by atoms with Crippen molar-refractivity contribution in [3.63, 3.8) is 0 Å². The SMILES string of the molecule is C/C(=C\SC(=N)c1nncn1C1CC1)NC(=O)c1cc(-n2cnc(C3CC3)c2)c(N2CC(C(F)F)C2)cn1. The van der Waals surface area contributed by atoms with Crippen molar-refractivity contribution < 1.29 is 13.6 Å². The normalized spacial score (nSPS) is 18.1. The molecular weight excluding hydrogens is 512 g/mol. The van der Waals surface area contributed by atoms with Crippen LogP contribution in [0.4, 0.5) is 14.5 Å². The lowest BCUT2D eigenvalue weighted by Crippen LogP contribution is -2.50. The minimum absolute atomic E-state index is 0.192. The van der Waals surface area contributed by atoms with Gasteiger partial charge >= 0.3 is 0 Å². The fraction of sp³-hybridized carbons (Fsp3) is 0.440. The highest BCUT2D eigenvalue weighted by molar-refractivity contribution is 8.16. The second-order valence-electron chi connectivity index (χ2n) is 10.0. The van der Waals surface area contributed by atoms with Gasteiger partial charge in [-0.25, -0.2) is 18.7 Å². The maximum absolute atomic E-state index is 13.1. The van der Waals surface area contributed by atoms with E-state index < -0.39 is 18.3 Å². The lowest BCUT2D eigenvalue weighted by atomic mass is 10.00. The van der Waals surface area contributed by atoms with Crippen LogP contribution in [0.1, 0.15) is 66.6 Å². The smallest absolute Gasteiger partial charge is 0.274 e. The highest BCUT2D eigenvalue weighted by atomic mass is 32.2. The highest BCUT2D eigenvalue weighted by Crippen LogP contribution is 2.40. The molecule has 1 amide bonds. The van der Waals surface area contributed by atoms with Crippen LogP contribution in [0.3, 0.4) is 0 Å². The van der Waals surface area contributed by atoms with Crippen LogP contribution >= 0.6 is 11.8 Å². The fourth-order valence-corrected chi connectivity index (χ4v) is 5.04. The topological polar surface area (TPSA) is 118 Å². The Kier molecular flexibility index (Phi) is 6.46. The van der Waals surface area contributed by atoms with Crippen LogP contribution in [0.2, 0.25) is 0 Å². The molecule has 6 rings (SSSR count). The lowest BCUT2D eigenvalue weighted by molar-refractivity contribution is 0.0614. The van der Waals surface area contributed by atoms with E-state index in [2.05, 4.69) is 25.5 Å². The van der Waals surface area contributed by atoms with Crippen molar-refractivity contribution in [1.29, 1.82) is 5.41 Å². The van der Waals surface area contributed by atoms with Gasteiger partial charge in [-0.1, -0.05) is 11.8 Å². The number of anilines is 1. The number of hydrogen-bond acceptors (Lipinski definition) is 8. The van der Waals surface area contributed by atoms with Crippen LogP contribution in [0, 0.1) is 11.3 Å². The third kappa shape index (κ3) is 5.06. The quantitative estimate of drug-likeness (QED) is 0.310. The molecule has 2 aliphatic carbocycles. The third-order valence-electron chi connectivity index (χ3n) is 6.96. The molecule has 0 unspecified atom stereocenters. The van der Waals surface area contributed by atoms with Gasteiger partial charge in [-0.3, -0.25) is 10.2 Å². The Morgan fingerprint density at radius 3 is 2.68 bits per heavy atom. The molecule has 3 aromatic heterocycles. The largest absolute Gasteiger partial charge is 0.367 e. The van der Waals surface area contributed by atoms with E-state index in [1.807, 2.05) is 20.2 Å². The molecule has 1 saturated heterocycles. The van der Waals surface area contributed by atoms with Crippen molar-refractivity contribution in [2.24, 2.45) is 5.92 Å². The first-order chi connectivity index (χ1) is 18.4. The van der Waals surface area contributed by atoms with Gasteiger partial charge in [0.05, 0.1) is 35.5 Å². The number of aromatic nitrogens is 6. The Hall–Kier alpha value is -3.61. The molecule has 2 N–H and O–H groups in total. The first-order valence-electron chi connectivity index (χ1n) is 12.6. The molecule has 1 aliphatic heterocycles. The predicted molar refractivity (Wildman–Crippen MR) is 139 cm³/mol. The molecule has 3 fully saturated rings. The molecule has 2 saturated carbocycles. The number of hydrogen-bond donors (Lipinski definition) is 2. The number of imidazole rings is 1. The van der Waals surface area contributed by atoms with Gasteiger partial charge in [0.1, 0.15) is 17.1 Å². The molecule has 3 aromatic rings. The van der Waals surface area contributed by atoms with E-state index in [9.17, 15) is 13.6 Å². The van der Waals surface area contributed by atoms with E-state index in [1.165, 1.54) is 0 Å². The first kappa shape index (κ1) is 24.7. The highest BCUT2D eigenvalue weighted by Gasteiger charge is 2.36. The third-order valence-corrected chi connectivity index (χ3v) is 7.85. The first-order valence-corrected chi connectivity index (χ1v) is 13.5. The molecule has 10 nitrogen and oxygen atoms in total. The van der Waals surface area contributed by atoms with Gasteiger partial charge < -0.3 is 19.4 Å². The maximum atomic E-state index is 13.1. The number of rotatable bonds is 9. The minimum atomic E-state index is -2.36. The average molecular weight is 540 g/mol. The number of amides is 1. The molecule has 38 heavy (non-hydrogen) atoms. The summed E-state index contributed by atoms with van der Waals surface area (Å²) in [5.41, 5.74) is 3.10. The summed E-state index contributed by atoms with van der Waals surface area (Å²) in [6.07, 6.45) is 8.84. The molecule has 0 aromatic carbocycles. The standard InChI is InChI=1S/C25H27F2N9OS/c1-14(11-38-23(28)24-33-31-13-36(24)17-4-5-17)32-25(37)18-6-20(35-10-19(30-12-35)15-2-3-15)21(7-29-18)34-8-16(9-34)22(26)27/h6-7,10-13,15-17,22,28H,2-5,8-9H2,1H3,(H,32,37)/b14-11+,28-23?. The zero-order valence-corrected chi connectivity index (χ0v) is 21.5. The number of halogens is 2. The second-order valence-corrected chi connectivity index (χ2v) is 10.9. The Morgan fingerprint density at radius 1 is 1.18 bits per heavy atom. The molecule has 4 heterocycles. The van der Waals surface area contributed by atoms with Crippen molar-refractivity contribution >= 4 is 28.4 Å². The number of pyridine rings is 1. The van der Waals surface area contributed by atoms with Gasteiger partial charge in [0, 0.05) is 36.9 Å². The summed E-state index contributed by atoms with van der Waals surface area (Å²) in [7, 11) is 0. The van der Waals surface area contributed by atoms with Crippen LogP contribution in [-0.2, 0) is 0 Å². The molecule has 198 valence electrons. The summed E-state index contributed by atoms with van der Waals surface area (Å²) in [5.74, 6) is -0.103. The number of allylic oxidation sites excluding steroid dienone is 1. The Labute approximate surface area is 222 Å². The van der Waals surface area contributed by atoms with Gasteiger partial charge in [0.2, 0.25) is 6.43 Å². The van der Waals surface area contributed by atoms with Crippen LogP contribution < -0.4 is 10.2 Å². The fourth-order valence-electron chi connectivity index (χ4n) is 4.44. The van der Waals surface area contributed by atoms with Crippen LogP contribution in [0.15, 0.2) is 42.2 Å². The zero-order chi connectivity index (χ0) is 26.4. The van der Waals surface area contributed by atoms with E-state index in [1.54, 1.807) is 37.2 Å². The molecular formula is C25H27F2N9OS. The second kappa shape index (κ2) is 9.93. The number of carbonyl (C=O) groups is 1. The number of carbonyl (C=O) groups excluding carboxylic acids is 1. The molecule has 0 bridgehead atoms. The van der Waals surface area contributed by atoms with Gasteiger partial charge in [0.25, 0.3) is 5.91 Å².